The van der Waals surface area contributed by atoms with E-state index in [0.717, 1.165) is 32.6 Å². The lowest BCUT2D eigenvalue weighted by Crippen LogP contribution is -2.56. The normalized spacial score (nSPS) is 22.7. The van der Waals surface area contributed by atoms with Crippen LogP contribution < -0.4 is 5.32 Å². The molecule has 0 aromatic carbocycles. The number of likely N-dealkylation sites (N-methyl/N-ethyl adjacent to an activating group) is 1. The molecule has 1 atom stereocenters. The molecule has 0 saturated carbocycles. The van der Waals surface area contributed by atoms with Crippen molar-refractivity contribution in [2.45, 2.75) is 45.2 Å². The van der Waals surface area contributed by atoms with Crippen LogP contribution in [-0.4, -0.2) is 50.3 Å². The van der Waals surface area contributed by atoms with Crippen molar-refractivity contribution in [1.82, 2.24) is 10.2 Å². The van der Waals surface area contributed by atoms with Gasteiger partial charge in [0.25, 0.3) is 0 Å². The zero-order valence-corrected chi connectivity index (χ0v) is 11.5. The minimum absolute atomic E-state index is 0.293. The molecule has 0 aromatic heterocycles. The summed E-state index contributed by atoms with van der Waals surface area (Å²) in [6.07, 6.45) is 2.27. The number of hydrogen-bond donors (Lipinski definition) is 1. The molecule has 1 saturated heterocycles. The van der Waals surface area contributed by atoms with E-state index in [2.05, 4.69) is 45.1 Å². The molecule has 1 aliphatic heterocycles. The summed E-state index contributed by atoms with van der Waals surface area (Å²) in [5, 5.41) is 3.68. The molecule has 96 valence electrons. The quantitative estimate of drug-likeness (QED) is 0.775. The summed E-state index contributed by atoms with van der Waals surface area (Å²) in [5.74, 6) is 0.694. The standard InChI is InChI=1S/C13H28N2O/c1-11(2)12(3)14-10-13(15(4)5)6-8-16-9-7-13/h11-12,14H,6-10H2,1-5H3. The summed E-state index contributed by atoms with van der Waals surface area (Å²) in [5.41, 5.74) is 0.293. The lowest BCUT2D eigenvalue weighted by molar-refractivity contribution is -0.00861. The maximum absolute atomic E-state index is 5.47. The molecule has 0 aliphatic carbocycles. The van der Waals surface area contributed by atoms with E-state index in [4.69, 9.17) is 4.74 Å². The van der Waals surface area contributed by atoms with Crippen molar-refractivity contribution in [2.24, 2.45) is 5.92 Å². The molecule has 0 spiro atoms. The van der Waals surface area contributed by atoms with E-state index in [1.54, 1.807) is 0 Å². The highest BCUT2D eigenvalue weighted by atomic mass is 16.5. The third-order valence-corrected chi connectivity index (χ3v) is 4.13. The fraction of sp³-hybridized carbons (Fsp3) is 1.00. The second kappa shape index (κ2) is 5.99. The van der Waals surface area contributed by atoms with Gasteiger partial charge in [-0.15, -0.1) is 0 Å². The van der Waals surface area contributed by atoms with Crippen LogP contribution in [0.25, 0.3) is 0 Å². The van der Waals surface area contributed by atoms with E-state index in [9.17, 15) is 0 Å². The lowest BCUT2D eigenvalue weighted by atomic mass is 9.88. The minimum Gasteiger partial charge on any atom is -0.381 e. The zero-order chi connectivity index (χ0) is 12.2. The molecule has 3 heteroatoms. The minimum atomic E-state index is 0.293. The number of hydrogen-bond acceptors (Lipinski definition) is 3. The fourth-order valence-corrected chi connectivity index (χ4v) is 2.12. The Kier molecular flexibility index (Phi) is 5.22. The Morgan fingerprint density at radius 2 is 1.75 bits per heavy atom. The van der Waals surface area contributed by atoms with Gasteiger partial charge >= 0.3 is 0 Å². The molecule has 0 bridgehead atoms. The summed E-state index contributed by atoms with van der Waals surface area (Å²) in [4.78, 5) is 2.37. The van der Waals surface area contributed by atoms with Crippen molar-refractivity contribution in [2.75, 3.05) is 33.9 Å². The van der Waals surface area contributed by atoms with Gasteiger partial charge in [-0.25, -0.2) is 0 Å². The second-order valence-electron chi connectivity index (χ2n) is 5.64. The molecule has 1 fully saturated rings. The highest BCUT2D eigenvalue weighted by molar-refractivity contribution is 4.92. The first-order valence-electron chi connectivity index (χ1n) is 6.46. The first-order valence-corrected chi connectivity index (χ1v) is 6.46. The van der Waals surface area contributed by atoms with Gasteiger partial charge in [0, 0.05) is 31.3 Å². The summed E-state index contributed by atoms with van der Waals surface area (Å²) in [6.45, 7) is 9.68. The average Bonchev–Trinajstić information content (AvgIpc) is 2.26. The van der Waals surface area contributed by atoms with E-state index in [1.807, 2.05) is 0 Å². The Morgan fingerprint density at radius 1 is 1.19 bits per heavy atom. The van der Waals surface area contributed by atoms with Gasteiger partial charge in [-0.05, 0) is 39.8 Å². The van der Waals surface area contributed by atoms with Gasteiger partial charge in [-0.3, -0.25) is 0 Å². The summed E-state index contributed by atoms with van der Waals surface area (Å²) in [7, 11) is 4.38. The van der Waals surface area contributed by atoms with Crippen molar-refractivity contribution >= 4 is 0 Å². The van der Waals surface area contributed by atoms with Gasteiger partial charge in [-0.2, -0.15) is 0 Å². The molecular weight excluding hydrogens is 200 g/mol. The van der Waals surface area contributed by atoms with E-state index >= 15 is 0 Å². The Bertz CT molecular complexity index is 198. The molecule has 3 nitrogen and oxygen atoms in total. The third kappa shape index (κ3) is 3.44. The van der Waals surface area contributed by atoms with Crippen LogP contribution in [0.4, 0.5) is 0 Å². The van der Waals surface area contributed by atoms with Crippen molar-refractivity contribution in [3.63, 3.8) is 0 Å². The fourth-order valence-electron chi connectivity index (χ4n) is 2.12. The van der Waals surface area contributed by atoms with Crippen molar-refractivity contribution < 1.29 is 4.74 Å². The molecule has 1 heterocycles. The highest BCUT2D eigenvalue weighted by Gasteiger charge is 2.34. The maximum Gasteiger partial charge on any atom is 0.0484 e. The number of nitrogens with one attached hydrogen (secondary N) is 1. The van der Waals surface area contributed by atoms with Crippen LogP contribution in [0.15, 0.2) is 0 Å². The summed E-state index contributed by atoms with van der Waals surface area (Å²) < 4.78 is 5.47. The topological polar surface area (TPSA) is 24.5 Å². The second-order valence-corrected chi connectivity index (χ2v) is 5.64. The van der Waals surface area contributed by atoms with Gasteiger partial charge in [-0.1, -0.05) is 13.8 Å². The average molecular weight is 228 g/mol. The maximum atomic E-state index is 5.47. The molecule has 1 unspecified atom stereocenters. The van der Waals surface area contributed by atoms with Gasteiger partial charge < -0.3 is 15.0 Å². The monoisotopic (exact) mass is 228 g/mol. The smallest absolute Gasteiger partial charge is 0.0484 e. The number of nitrogens with zero attached hydrogens (tertiary/aromatic N) is 1. The molecule has 0 radical (unpaired) electrons. The molecule has 0 amide bonds. The van der Waals surface area contributed by atoms with Crippen molar-refractivity contribution in [1.29, 1.82) is 0 Å². The number of rotatable bonds is 5. The molecule has 0 aromatic rings. The highest BCUT2D eigenvalue weighted by Crippen LogP contribution is 2.25. The number of ether oxygens (including phenoxy) is 1. The lowest BCUT2D eigenvalue weighted by Gasteiger charge is -2.43. The molecule has 1 aliphatic rings. The van der Waals surface area contributed by atoms with Crippen LogP contribution in [-0.2, 0) is 4.74 Å². The third-order valence-electron chi connectivity index (χ3n) is 4.13. The largest absolute Gasteiger partial charge is 0.381 e. The van der Waals surface area contributed by atoms with Crippen LogP contribution in [0.3, 0.4) is 0 Å². The van der Waals surface area contributed by atoms with Crippen molar-refractivity contribution in [3.8, 4) is 0 Å². The Balaban J connectivity index is 2.51. The first-order chi connectivity index (χ1) is 7.48. The summed E-state index contributed by atoms with van der Waals surface area (Å²) >= 11 is 0. The van der Waals surface area contributed by atoms with Crippen LogP contribution in [0, 0.1) is 5.92 Å². The Hall–Kier alpha value is -0.120. The molecular formula is C13H28N2O. The van der Waals surface area contributed by atoms with Gasteiger partial charge in [0.15, 0.2) is 0 Å². The van der Waals surface area contributed by atoms with E-state index in [-0.39, 0.29) is 0 Å². The first kappa shape index (κ1) is 13.9. The molecule has 16 heavy (non-hydrogen) atoms. The zero-order valence-electron chi connectivity index (χ0n) is 11.5. The van der Waals surface area contributed by atoms with E-state index in [0.29, 0.717) is 17.5 Å². The summed E-state index contributed by atoms with van der Waals surface area (Å²) in [6, 6.07) is 0.583. The predicted octanol–water partition coefficient (Wildman–Crippen LogP) is 1.73. The predicted molar refractivity (Wildman–Crippen MR) is 68.8 cm³/mol. The van der Waals surface area contributed by atoms with Crippen LogP contribution in [0.1, 0.15) is 33.6 Å². The Morgan fingerprint density at radius 3 is 2.19 bits per heavy atom. The van der Waals surface area contributed by atoms with Gasteiger partial charge in [0.1, 0.15) is 0 Å². The van der Waals surface area contributed by atoms with Gasteiger partial charge in [0.05, 0.1) is 0 Å². The molecule has 1 N–H and O–H groups in total. The van der Waals surface area contributed by atoms with Crippen molar-refractivity contribution in [3.05, 3.63) is 0 Å². The SMILES string of the molecule is CC(C)C(C)NCC1(N(C)C)CCOCC1. The van der Waals surface area contributed by atoms with Crippen LogP contribution in [0.5, 0.6) is 0 Å². The Labute approximate surface area is 101 Å². The van der Waals surface area contributed by atoms with Crippen LogP contribution >= 0.6 is 0 Å². The van der Waals surface area contributed by atoms with Crippen LogP contribution in [0.2, 0.25) is 0 Å². The van der Waals surface area contributed by atoms with Gasteiger partial charge in [0.2, 0.25) is 0 Å². The molecule has 1 rings (SSSR count). The van der Waals surface area contributed by atoms with E-state index in [1.165, 1.54) is 0 Å². The van der Waals surface area contributed by atoms with E-state index < -0.39 is 0 Å².